The third kappa shape index (κ3) is 5.32. The lowest BCUT2D eigenvalue weighted by molar-refractivity contribution is -0.123. The van der Waals surface area contributed by atoms with Gasteiger partial charge in [-0.1, -0.05) is 54.6 Å². The summed E-state index contributed by atoms with van der Waals surface area (Å²) in [5, 5.41) is 2.93. The van der Waals surface area contributed by atoms with E-state index in [1.807, 2.05) is 78.9 Å². The van der Waals surface area contributed by atoms with Crippen LogP contribution in [0.3, 0.4) is 0 Å². The topological polar surface area (TPSA) is 58.6 Å². The van der Waals surface area contributed by atoms with E-state index < -0.39 is 0 Å². The van der Waals surface area contributed by atoms with Crippen molar-refractivity contribution < 1.29 is 14.3 Å². The Balaban J connectivity index is 1.46. The third-order valence-electron chi connectivity index (χ3n) is 5.45. The second kappa shape index (κ2) is 10.4. The smallest absolute Gasteiger partial charge is 0.240 e. The first-order chi connectivity index (χ1) is 15.6. The highest BCUT2D eigenvalue weighted by Gasteiger charge is 2.30. The molecule has 1 aliphatic heterocycles. The first-order valence-electron chi connectivity index (χ1n) is 10.6. The standard InChI is InChI=1S/C26H26N2O3S/c1-31-21-13-11-20(12-14-21)24-17-26(30)28(22-9-5-6-10-23(22)32-24)18-25(29)27-16-15-19-7-3-2-4-8-19/h2-14,24H,15-18H2,1H3,(H,27,29)/t24-/m0/s1. The van der Waals surface area contributed by atoms with E-state index in [1.54, 1.807) is 23.8 Å². The van der Waals surface area contributed by atoms with Crippen LogP contribution in [0, 0.1) is 0 Å². The van der Waals surface area contributed by atoms with Crippen molar-refractivity contribution in [2.75, 3.05) is 25.1 Å². The van der Waals surface area contributed by atoms with Crippen molar-refractivity contribution in [2.24, 2.45) is 0 Å². The molecular formula is C26H26N2O3S. The third-order valence-corrected chi connectivity index (χ3v) is 6.78. The maximum atomic E-state index is 13.2. The van der Waals surface area contributed by atoms with Gasteiger partial charge in [-0.05, 0) is 41.8 Å². The first-order valence-corrected chi connectivity index (χ1v) is 11.5. The lowest BCUT2D eigenvalue weighted by atomic mass is 10.1. The molecule has 0 spiro atoms. The zero-order valence-corrected chi connectivity index (χ0v) is 18.8. The number of thioether (sulfide) groups is 1. The van der Waals surface area contributed by atoms with Crippen LogP contribution in [0.25, 0.3) is 0 Å². The number of anilines is 1. The van der Waals surface area contributed by atoms with Crippen molar-refractivity contribution in [3.8, 4) is 5.75 Å². The van der Waals surface area contributed by atoms with Gasteiger partial charge in [-0.3, -0.25) is 9.59 Å². The maximum absolute atomic E-state index is 13.2. The fourth-order valence-corrected chi connectivity index (χ4v) is 5.03. The molecule has 5 nitrogen and oxygen atoms in total. The Hall–Kier alpha value is -3.25. The van der Waals surface area contributed by atoms with E-state index in [0.29, 0.717) is 13.0 Å². The fraction of sp³-hybridized carbons (Fsp3) is 0.231. The molecule has 0 aliphatic carbocycles. The Kier molecular flexibility index (Phi) is 7.12. The minimum Gasteiger partial charge on any atom is -0.497 e. The molecule has 1 N–H and O–H groups in total. The quantitative estimate of drug-likeness (QED) is 0.575. The van der Waals surface area contributed by atoms with Gasteiger partial charge in [0.1, 0.15) is 12.3 Å². The molecule has 0 fully saturated rings. The molecule has 0 bridgehead atoms. The summed E-state index contributed by atoms with van der Waals surface area (Å²) in [7, 11) is 1.64. The van der Waals surface area contributed by atoms with Crippen LogP contribution in [0.4, 0.5) is 5.69 Å². The van der Waals surface area contributed by atoms with E-state index in [2.05, 4.69) is 5.32 Å². The largest absolute Gasteiger partial charge is 0.497 e. The number of benzene rings is 3. The number of ether oxygens (including phenoxy) is 1. The van der Waals surface area contributed by atoms with Crippen LogP contribution in [-0.4, -0.2) is 32.0 Å². The van der Waals surface area contributed by atoms with Gasteiger partial charge in [0.15, 0.2) is 0 Å². The summed E-state index contributed by atoms with van der Waals surface area (Å²) in [4.78, 5) is 28.5. The highest BCUT2D eigenvalue weighted by Crippen LogP contribution is 2.45. The molecule has 0 unspecified atom stereocenters. The normalized spacial score (nSPS) is 15.6. The van der Waals surface area contributed by atoms with E-state index in [1.165, 1.54) is 5.56 Å². The Labute approximate surface area is 192 Å². The molecule has 0 saturated carbocycles. The molecule has 32 heavy (non-hydrogen) atoms. The number of amides is 2. The van der Waals surface area contributed by atoms with Gasteiger partial charge in [0.2, 0.25) is 11.8 Å². The number of methoxy groups -OCH3 is 1. The lowest BCUT2D eigenvalue weighted by Crippen LogP contribution is -2.41. The highest BCUT2D eigenvalue weighted by molar-refractivity contribution is 7.99. The monoisotopic (exact) mass is 446 g/mol. The van der Waals surface area contributed by atoms with E-state index >= 15 is 0 Å². The molecule has 0 aromatic heterocycles. The number of rotatable bonds is 7. The summed E-state index contributed by atoms with van der Waals surface area (Å²) in [6, 6.07) is 25.6. The predicted molar refractivity (Wildman–Crippen MR) is 128 cm³/mol. The molecule has 3 aromatic rings. The van der Waals surface area contributed by atoms with E-state index in [-0.39, 0.29) is 23.6 Å². The minimum atomic E-state index is -0.156. The fourth-order valence-electron chi connectivity index (χ4n) is 3.75. The van der Waals surface area contributed by atoms with Gasteiger partial charge in [0.25, 0.3) is 0 Å². The Bertz CT molecular complexity index is 1070. The molecular weight excluding hydrogens is 420 g/mol. The maximum Gasteiger partial charge on any atom is 0.240 e. The van der Waals surface area contributed by atoms with Gasteiger partial charge in [-0.15, -0.1) is 11.8 Å². The first kappa shape index (κ1) is 22.0. The van der Waals surface area contributed by atoms with Gasteiger partial charge < -0.3 is 15.0 Å². The molecule has 0 saturated heterocycles. The summed E-state index contributed by atoms with van der Waals surface area (Å²) in [5.41, 5.74) is 3.02. The van der Waals surface area contributed by atoms with Crippen molar-refractivity contribution in [3.05, 3.63) is 90.0 Å². The molecule has 6 heteroatoms. The van der Waals surface area contributed by atoms with Crippen molar-refractivity contribution in [3.63, 3.8) is 0 Å². The number of carbonyl (C=O) groups excluding carboxylic acids is 2. The summed E-state index contributed by atoms with van der Waals surface area (Å²) in [6.45, 7) is 0.552. The average molecular weight is 447 g/mol. The highest BCUT2D eigenvalue weighted by atomic mass is 32.2. The number of hydrogen-bond donors (Lipinski definition) is 1. The number of nitrogens with zero attached hydrogens (tertiary/aromatic N) is 1. The number of nitrogens with one attached hydrogen (secondary N) is 1. The number of para-hydroxylation sites is 1. The van der Waals surface area contributed by atoms with Crippen LogP contribution in [0.15, 0.2) is 83.8 Å². The summed E-state index contributed by atoms with van der Waals surface area (Å²) in [5.74, 6) is 0.575. The van der Waals surface area contributed by atoms with E-state index in [0.717, 1.165) is 28.3 Å². The lowest BCUT2D eigenvalue weighted by Gasteiger charge is -2.22. The van der Waals surface area contributed by atoms with Crippen LogP contribution >= 0.6 is 11.8 Å². The molecule has 1 atom stereocenters. The van der Waals surface area contributed by atoms with Gasteiger partial charge >= 0.3 is 0 Å². The van der Waals surface area contributed by atoms with Crippen LogP contribution in [0.1, 0.15) is 22.8 Å². The van der Waals surface area contributed by atoms with Crippen LogP contribution in [0.2, 0.25) is 0 Å². The van der Waals surface area contributed by atoms with Crippen LogP contribution < -0.4 is 15.0 Å². The average Bonchev–Trinajstić information content (AvgIpc) is 2.96. The molecule has 2 amide bonds. The molecule has 0 radical (unpaired) electrons. The van der Waals surface area contributed by atoms with Gasteiger partial charge in [0.05, 0.1) is 12.8 Å². The number of hydrogen-bond acceptors (Lipinski definition) is 4. The van der Waals surface area contributed by atoms with Gasteiger partial charge in [0, 0.05) is 23.1 Å². The Morgan fingerprint density at radius 2 is 1.75 bits per heavy atom. The van der Waals surface area contributed by atoms with Crippen molar-refractivity contribution in [1.82, 2.24) is 5.32 Å². The van der Waals surface area contributed by atoms with Crippen molar-refractivity contribution >= 4 is 29.3 Å². The summed E-state index contributed by atoms with van der Waals surface area (Å²) >= 11 is 1.66. The van der Waals surface area contributed by atoms with Gasteiger partial charge in [-0.2, -0.15) is 0 Å². The summed E-state index contributed by atoms with van der Waals surface area (Å²) in [6.07, 6.45) is 1.08. The predicted octanol–water partition coefficient (Wildman–Crippen LogP) is 4.62. The second-order valence-corrected chi connectivity index (χ2v) is 8.86. The second-order valence-electron chi connectivity index (χ2n) is 7.62. The zero-order valence-electron chi connectivity index (χ0n) is 18.0. The Morgan fingerprint density at radius 1 is 1.03 bits per heavy atom. The molecule has 164 valence electrons. The van der Waals surface area contributed by atoms with Crippen molar-refractivity contribution in [1.29, 1.82) is 0 Å². The Morgan fingerprint density at radius 3 is 2.50 bits per heavy atom. The molecule has 4 rings (SSSR count). The minimum absolute atomic E-state index is 0.0144. The number of carbonyl (C=O) groups is 2. The van der Waals surface area contributed by atoms with Crippen LogP contribution in [0.5, 0.6) is 5.75 Å². The van der Waals surface area contributed by atoms with Crippen molar-refractivity contribution in [2.45, 2.75) is 23.0 Å². The zero-order chi connectivity index (χ0) is 22.3. The number of fused-ring (bicyclic) bond motifs is 1. The van der Waals surface area contributed by atoms with Crippen LogP contribution in [-0.2, 0) is 16.0 Å². The molecule has 1 aliphatic rings. The van der Waals surface area contributed by atoms with E-state index in [9.17, 15) is 9.59 Å². The van der Waals surface area contributed by atoms with Gasteiger partial charge in [-0.25, -0.2) is 0 Å². The SMILES string of the molecule is COc1ccc([C@@H]2CC(=O)N(CC(=O)NCCc3ccccc3)c3ccccc3S2)cc1. The van der Waals surface area contributed by atoms with E-state index in [4.69, 9.17) is 4.74 Å². The summed E-state index contributed by atoms with van der Waals surface area (Å²) < 4.78 is 5.25. The molecule has 3 aromatic carbocycles. The molecule has 1 heterocycles.